The average molecular weight is 288 g/mol. The molecule has 1 atom stereocenters. The van der Waals surface area contributed by atoms with Crippen LogP contribution in [0.15, 0.2) is 48.5 Å². The summed E-state index contributed by atoms with van der Waals surface area (Å²) in [5.74, 6) is -1.32. The molecule has 0 aromatic heterocycles. The van der Waals surface area contributed by atoms with Crippen molar-refractivity contribution in [1.29, 1.82) is 0 Å². The largest absolute Gasteiger partial charge is 0.489 e. The zero-order valence-electron chi connectivity index (χ0n) is 12.0. The minimum absolute atomic E-state index is 0.0262. The molecule has 0 spiro atoms. The van der Waals surface area contributed by atoms with Crippen molar-refractivity contribution < 1.29 is 18.7 Å². The Hall–Kier alpha value is -2.36. The standard InChI is InChI=1S/C17H17FO3/c1-12-7-3-4-8-13(12)14(17(19)20-2)11-21-16-10-6-5-9-15(16)18/h3-10,14H,11H2,1-2H3. The quantitative estimate of drug-likeness (QED) is 0.790. The predicted octanol–water partition coefficient (Wildman–Crippen LogP) is 3.47. The zero-order valence-corrected chi connectivity index (χ0v) is 12.0. The lowest BCUT2D eigenvalue weighted by atomic mass is 9.95. The first-order valence-corrected chi connectivity index (χ1v) is 6.64. The van der Waals surface area contributed by atoms with Crippen LogP contribution >= 0.6 is 0 Å². The molecule has 21 heavy (non-hydrogen) atoms. The van der Waals surface area contributed by atoms with Gasteiger partial charge in [-0.15, -0.1) is 0 Å². The third-order valence-corrected chi connectivity index (χ3v) is 3.29. The van der Waals surface area contributed by atoms with Gasteiger partial charge in [0.25, 0.3) is 0 Å². The van der Waals surface area contributed by atoms with Crippen molar-refractivity contribution in [2.75, 3.05) is 13.7 Å². The van der Waals surface area contributed by atoms with Crippen LogP contribution < -0.4 is 4.74 Å². The lowest BCUT2D eigenvalue weighted by molar-refractivity contribution is -0.143. The molecule has 0 aliphatic rings. The molecule has 2 aromatic carbocycles. The predicted molar refractivity (Wildman–Crippen MR) is 77.8 cm³/mol. The topological polar surface area (TPSA) is 35.5 Å². The number of hydrogen-bond acceptors (Lipinski definition) is 3. The maximum atomic E-state index is 13.6. The number of hydrogen-bond donors (Lipinski definition) is 0. The molecule has 0 amide bonds. The molecule has 2 aromatic rings. The Morgan fingerprint density at radius 1 is 1.14 bits per heavy atom. The van der Waals surface area contributed by atoms with Crippen molar-refractivity contribution in [2.45, 2.75) is 12.8 Å². The first kappa shape index (κ1) is 15.0. The molecule has 1 unspecified atom stereocenters. The van der Waals surface area contributed by atoms with Crippen molar-refractivity contribution in [3.63, 3.8) is 0 Å². The second-order valence-corrected chi connectivity index (χ2v) is 4.67. The van der Waals surface area contributed by atoms with Crippen LogP contribution in [0.3, 0.4) is 0 Å². The van der Waals surface area contributed by atoms with Crippen molar-refractivity contribution in [3.05, 3.63) is 65.5 Å². The highest BCUT2D eigenvalue weighted by Crippen LogP contribution is 2.24. The number of carbonyl (C=O) groups is 1. The minimum atomic E-state index is -0.587. The van der Waals surface area contributed by atoms with E-state index < -0.39 is 17.7 Å². The SMILES string of the molecule is COC(=O)C(COc1ccccc1F)c1ccccc1C. The molecule has 0 saturated carbocycles. The van der Waals surface area contributed by atoms with Gasteiger partial charge in [-0.1, -0.05) is 36.4 Å². The number of aryl methyl sites for hydroxylation is 1. The summed E-state index contributed by atoms with van der Waals surface area (Å²) in [4.78, 5) is 12.0. The molecule has 3 nitrogen and oxygen atoms in total. The van der Waals surface area contributed by atoms with Gasteiger partial charge in [-0.25, -0.2) is 4.39 Å². The Kier molecular flexibility index (Phi) is 4.93. The number of para-hydroxylation sites is 1. The summed E-state index contributed by atoms with van der Waals surface area (Å²) >= 11 is 0. The van der Waals surface area contributed by atoms with Crippen molar-refractivity contribution >= 4 is 5.97 Å². The monoisotopic (exact) mass is 288 g/mol. The number of benzene rings is 2. The molecule has 2 rings (SSSR count). The van der Waals surface area contributed by atoms with Crippen LogP contribution in [0.5, 0.6) is 5.75 Å². The van der Waals surface area contributed by atoms with Gasteiger partial charge in [0.2, 0.25) is 0 Å². The molecular weight excluding hydrogens is 271 g/mol. The van der Waals surface area contributed by atoms with Gasteiger partial charge in [0.1, 0.15) is 12.5 Å². The van der Waals surface area contributed by atoms with E-state index in [1.165, 1.54) is 19.2 Å². The van der Waals surface area contributed by atoms with E-state index in [9.17, 15) is 9.18 Å². The maximum absolute atomic E-state index is 13.6. The van der Waals surface area contributed by atoms with Crippen LogP contribution in [-0.2, 0) is 9.53 Å². The summed E-state index contributed by atoms with van der Waals surface area (Å²) < 4.78 is 23.8. The zero-order chi connectivity index (χ0) is 15.2. The Bertz CT molecular complexity index is 625. The van der Waals surface area contributed by atoms with Gasteiger partial charge in [0.05, 0.1) is 7.11 Å². The van der Waals surface area contributed by atoms with Crippen LogP contribution in [0.1, 0.15) is 17.0 Å². The summed E-state index contributed by atoms with van der Waals surface area (Å²) in [5, 5.41) is 0. The maximum Gasteiger partial charge on any atom is 0.316 e. The smallest absolute Gasteiger partial charge is 0.316 e. The molecule has 0 fully saturated rings. The van der Waals surface area contributed by atoms with Gasteiger partial charge in [0, 0.05) is 0 Å². The average Bonchev–Trinajstić information content (AvgIpc) is 2.50. The summed E-state index contributed by atoms with van der Waals surface area (Å²) in [6, 6.07) is 13.6. The number of rotatable bonds is 5. The second kappa shape index (κ2) is 6.88. The fourth-order valence-corrected chi connectivity index (χ4v) is 2.14. The van der Waals surface area contributed by atoms with Gasteiger partial charge in [0.15, 0.2) is 11.6 Å². The molecule has 0 bridgehead atoms. The first-order valence-electron chi connectivity index (χ1n) is 6.64. The highest BCUT2D eigenvalue weighted by molar-refractivity contribution is 5.78. The first-order chi connectivity index (χ1) is 10.1. The number of halogens is 1. The lowest BCUT2D eigenvalue weighted by Crippen LogP contribution is -2.22. The number of methoxy groups -OCH3 is 1. The van der Waals surface area contributed by atoms with E-state index in [2.05, 4.69) is 0 Å². The van der Waals surface area contributed by atoms with Gasteiger partial charge >= 0.3 is 5.97 Å². The molecule has 0 heterocycles. The minimum Gasteiger partial charge on any atom is -0.489 e. The lowest BCUT2D eigenvalue weighted by Gasteiger charge is -2.18. The molecule has 0 radical (unpaired) electrons. The van der Waals surface area contributed by atoms with Crippen LogP contribution in [0.4, 0.5) is 4.39 Å². The summed E-state index contributed by atoms with van der Waals surface area (Å²) in [6.07, 6.45) is 0. The van der Waals surface area contributed by atoms with E-state index in [0.29, 0.717) is 0 Å². The van der Waals surface area contributed by atoms with Gasteiger partial charge in [-0.05, 0) is 30.2 Å². The fourth-order valence-electron chi connectivity index (χ4n) is 2.14. The van der Waals surface area contributed by atoms with E-state index in [1.807, 2.05) is 31.2 Å². The highest BCUT2D eigenvalue weighted by Gasteiger charge is 2.24. The second-order valence-electron chi connectivity index (χ2n) is 4.67. The van der Waals surface area contributed by atoms with E-state index >= 15 is 0 Å². The Morgan fingerprint density at radius 3 is 2.48 bits per heavy atom. The number of esters is 1. The normalized spacial score (nSPS) is 11.8. The summed E-state index contributed by atoms with van der Waals surface area (Å²) in [7, 11) is 1.33. The molecular formula is C17H17FO3. The molecule has 0 aliphatic heterocycles. The van der Waals surface area contributed by atoms with E-state index in [0.717, 1.165) is 11.1 Å². The van der Waals surface area contributed by atoms with Crippen LogP contribution in [-0.4, -0.2) is 19.7 Å². The van der Waals surface area contributed by atoms with E-state index in [-0.39, 0.29) is 12.4 Å². The van der Waals surface area contributed by atoms with Gasteiger partial charge < -0.3 is 9.47 Å². The highest BCUT2D eigenvalue weighted by atomic mass is 19.1. The van der Waals surface area contributed by atoms with Crippen LogP contribution in [0.2, 0.25) is 0 Å². The van der Waals surface area contributed by atoms with Crippen molar-refractivity contribution in [3.8, 4) is 5.75 Å². The third kappa shape index (κ3) is 3.60. The molecule has 0 aliphatic carbocycles. The number of carbonyl (C=O) groups excluding carboxylic acids is 1. The molecule has 0 N–H and O–H groups in total. The number of ether oxygens (including phenoxy) is 2. The molecule has 0 saturated heterocycles. The summed E-state index contributed by atoms with van der Waals surface area (Å²) in [6.45, 7) is 1.94. The van der Waals surface area contributed by atoms with E-state index in [4.69, 9.17) is 9.47 Å². The molecule has 110 valence electrons. The third-order valence-electron chi connectivity index (χ3n) is 3.29. The van der Waals surface area contributed by atoms with Crippen LogP contribution in [0, 0.1) is 12.7 Å². The van der Waals surface area contributed by atoms with Crippen molar-refractivity contribution in [1.82, 2.24) is 0 Å². The fraction of sp³-hybridized carbons (Fsp3) is 0.235. The van der Waals surface area contributed by atoms with Gasteiger partial charge in [-0.3, -0.25) is 4.79 Å². The Labute approximate surface area is 123 Å². The Morgan fingerprint density at radius 2 is 1.81 bits per heavy atom. The van der Waals surface area contributed by atoms with Crippen molar-refractivity contribution in [2.24, 2.45) is 0 Å². The summed E-state index contributed by atoms with van der Waals surface area (Å²) in [5.41, 5.74) is 1.78. The van der Waals surface area contributed by atoms with Gasteiger partial charge in [-0.2, -0.15) is 0 Å². The van der Waals surface area contributed by atoms with E-state index in [1.54, 1.807) is 12.1 Å². The Balaban J connectivity index is 2.21. The van der Waals surface area contributed by atoms with Crippen LogP contribution in [0.25, 0.3) is 0 Å². The molecule has 4 heteroatoms.